The van der Waals surface area contributed by atoms with Crippen molar-refractivity contribution in [3.05, 3.63) is 41.5 Å². The molecule has 1 aliphatic heterocycles. The number of aromatic nitrogens is 2. The molecule has 1 aromatic carbocycles. The van der Waals surface area contributed by atoms with E-state index in [2.05, 4.69) is 50.7 Å². The Hall–Kier alpha value is -2.70. The van der Waals surface area contributed by atoms with Gasteiger partial charge in [0.15, 0.2) is 17.5 Å². The van der Waals surface area contributed by atoms with Crippen molar-refractivity contribution in [3.8, 4) is 11.5 Å². The van der Waals surface area contributed by atoms with Gasteiger partial charge in [0.05, 0.1) is 20.8 Å². The smallest absolute Gasteiger partial charge is 0.194 e. The number of aliphatic imine (C=N–C) groups is 1. The highest BCUT2D eigenvalue weighted by Gasteiger charge is 2.22. The molecular formula is C21H31N5O2. The summed E-state index contributed by atoms with van der Waals surface area (Å²) in [7, 11) is 5.17. The third-order valence-corrected chi connectivity index (χ3v) is 5.00. The number of benzene rings is 1. The van der Waals surface area contributed by atoms with E-state index in [-0.39, 0.29) is 0 Å². The third kappa shape index (κ3) is 4.40. The standard InChI is InChI=1S/C21H31N5O2/c1-15(2)13-25-9-7-23-20(25)12-24-21(22-3)26-8-6-16-10-18(27-4)19(28-5)11-17(16)14-26/h7,9-11,15H,6,8,12-14H2,1-5H3,(H,22,24). The van der Waals surface area contributed by atoms with Crippen LogP contribution in [-0.4, -0.2) is 48.2 Å². The van der Waals surface area contributed by atoms with E-state index in [9.17, 15) is 0 Å². The lowest BCUT2D eigenvalue weighted by Gasteiger charge is -2.32. The molecule has 0 saturated carbocycles. The molecule has 0 aliphatic carbocycles. The summed E-state index contributed by atoms with van der Waals surface area (Å²) in [5.41, 5.74) is 2.55. The molecule has 0 saturated heterocycles. The number of guanidine groups is 1. The zero-order valence-corrected chi connectivity index (χ0v) is 17.5. The van der Waals surface area contributed by atoms with E-state index in [0.717, 1.165) is 49.3 Å². The van der Waals surface area contributed by atoms with Gasteiger partial charge >= 0.3 is 0 Å². The molecular weight excluding hydrogens is 354 g/mol. The van der Waals surface area contributed by atoms with Crippen molar-refractivity contribution in [3.63, 3.8) is 0 Å². The van der Waals surface area contributed by atoms with Crippen LogP contribution in [0.25, 0.3) is 0 Å². The van der Waals surface area contributed by atoms with Crippen LogP contribution in [0.15, 0.2) is 29.5 Å². The highest BCUT2D eigenvalue weighted by Crippen LogP contribution is 2.33. The van der Waals surface area contributed by atoms with Crippen LogP contribution in [0.2, 0.25) is 0 Å². The van der Waals surface area contributed by atoms with Gasteiger partial charge < -0.3 is 24.3 Å². The zero-order valence-electron chi connectivity index (χ0n) is 17.5. The minimum atomic E-state index is 0.581. The monoisotopic (exact) mass is 385 g/mol. The van der Waals surface area contributed by atoms with Gasteiger partial charge in [0.2, 0.25) is 0 Å². The van der Waals surface area contributed by atoms with E-state index in [4.69, 9.17) is 9.47 Å². The lowest BCUT2D eigenvalue weighted by Crippen LogP contribution is -2.44. The predicted molar refractivity (Wildman–Crippen MR) is 111 cm³/mol. The van der Waals surface area contributed by atoms with Gasteiger partial charge in [-0.25, -0.2) is 4.98 Å². The van der Waals surface area contributed by atoms with Crippen LogP contribution in [0.4, 0.5) is 0 Å². The minimum Gasteiger partial charge on any atom is -0.493 e. The Labute approximate surface area is 167 Å². The maximum atomic E-state index is 5.47. The summed E-state index contributed by atoms with van der Waals surface area (Å²) in [5.74, 6) is 4.05. The van der Waals surface area contributed by atoms with Gasteiger partial charge in [0.25, 0.3) is 0 Å². The maximum absolute atomic E-state index is 5.47. The van der Waals surface area contributed by atoms with Crippen molar-refractivity contribution in [2.24, 2.45) is 10.9 Å². The molecule has 0 amide bonds. The van der Waals surface area contributed by atoms with E-state index < -0.39 is 0 Å². The first-order valence-electron chi connectivity index (χ1n) is 9.75. The molecule has 0 atom stereocenters. The summed E-state index contributed by atoms with van der Waals surface area (Å²) in [5, 5.41) is 3.47. The van der Waals surface area contributed by atoms with Crippen molar-refractivity contribution in [1.29, 1.82) is 0 Å². The molecule has 2 aromatic rings. The molecule has 7 nitrogen and oxygen atoms in total. The second-order valence-corrected chi connectivity index (χ2v) is 7.44. The van der Waals surface area contributed by atoms with Crippen LogP contribution in [0.3, 0.4) is 0 Å². The van der Waals surface area contributed by atoms with E-state index in [1.807, 2.05) is 19.4 Å². The number of methoxy groups -OCH3 is 2. The Balaban J connectivity index is 1.69. The molecule has 2 heterocycles. The molecule has 0 unspecified atom stereocenters. The molecule has 28 heavy (non-hydrogen) atoms. The molecule has 1 N–H and O–H groups in total. The number of imidazole rings is 1. The summed E-state index contributed by atoms with van der Waals surface area (Å²) in [6.45, 7) is 7.74. The molecule has 7 heteroatoms. The lowest BCUT2D eigenvalue weighted by molar-refractivity contribution is 0.345. The molecule has 1 aliphatic rings. The van der Waals surface area contributed by atoms with Crippen molar-refractivity contribution in [2.75, 3.05) is 27.8 Å². The molecule has 1 aromatic heterocycles. The Morgan fingerprint density at radius 3 is 2.57 bits per heavy atom. The fourth-order valence-electron chi connectivity index (χ4n) is 3.62. The Morgan fingerprint density at radius 2 is 1.93 bits per heavy atom. The number of nitrogens with one attached hydrogen (secondary N) is 1. The average molecular weight is 386 g/mol. The number of rotatable bonds is 6. The molecule has 0 fully saturated rings. The number of hydrogen-bond donors (Lipinski definition) is 1. The summed E-state index contributed by atoms with van der Waals surface area (Å²) in [6, 6.07) is 4.16. The van der Waals surface area contributed by atoms with Gasteiger partial charge in [-0.3, -0.25) is 4.99 Å². The van der Waals surface area contributed by atoms with Gasteiger partial charge in [-0.05, 0) is 35.6 Å². The van der Waals surface area contributed by atoms with Gasteiger partial charge in [-0.2, -0.15) is 0 Å². The average Bonchev–Trinajstić information content (AvgIpc) is 3.13. The summed E-state index contributed by atoms with van der Waals surface area (Å²) in [4.78, 5) is 11.3. The van der Waals surface area contributed by atoms with E-state index in [0.29, 0.717) is 12.5 Å². The van der Waals surface area contributed by atoms with Crippen LogP contribution < -0.4 is 14.8 Å². The zero-order chi connectivity index (χ0) is 20.1. The molecule has 0 radical (unpaired) electrons. The highest BCUT2D eigenvalue weighted by atomic mass is 16.5. The first-order valence-corrected chi connectivity index (χ1v) is 9.75. The number of ether oxygens (including phenoxy) is 2. The van der Waals surface area contributed by atoms with Crippen LogP contribution >= 0.6 is 0 Å². The van der Waals surface area contributed by atoms with Crippen molar-refractivity contribution < 1.29 is 9.47 Å². The van der Waals surface area contributed by atoms with Crippen LogP contribution in [0, 0.1) is 5.92 Å². The fraction of sp³-hybridized carbons (Fsp3) is 0.524. The Bertz CT molecular complexity index is 828. The molecule has 3 rings (SSSR count). The molecule has 0 bridgehead atoms. The topological polar surface area (TPSA) is 63.9 Å². The highest BCUT2D eigenvalue weighted by molar-refractivity contribution is 5.80. The summed E-state index contributed by atoms with van der Waals surface area (Å²) in [6.07, 6.45) is 4.84. The van der Waals surface area contributed by atoms with Crippen molar-refractivity contribution in [1.82, 2.24) is 19.8 Å². The second-order valence-electron chi connectivity index (χ2n) is 7.44. The van der Waals surface area contributed by atoms with Gasteiger partial charge in [0, 0.05) is 39.1 Å². The fourth-order valence-corrected chi connectivity index (χ4v) is 3.62. The maximum Gasteiger partial charge on any atom is 0.194 e. The Morgan fingerprint density at radius 1 is 1.21 bits per heavy atom. The van der Waals surface area contributed by atoms with E-state index in [1.54, 1.807) is 14.2 Å². The van der Waals surface area contributed by atoms with Crippen LogP contribution in [-0.2, 0) is 26.1 Å². The van der Waals surface area contributed by atoms with Crippen molar-refractivity contribution >= 4 is 5.96 Å². The predicted octanol–water partition coefficient (Wildman–Crippen LogP) is 2.69. The lowest BCUT2D eigenvalue weighted by atomic mass is 9.99. The van der Waals surface area contributed by atoms with Crippen LogP contribution in [0.1, 0.15) is 30.8 Å². The normalized spacial score (nSPS) is 14.2. The third-order valence-electron chi connectivity index (χ3n) is 5.00. The van der Waals surface area contributed by atoms with Gasteiger partial charge in [0.1, 0.15) is 5.82 Å². The number of nitrogens with zero attached hydrogens (tertiary/aromatic N) is 4. The SMILES string of the molecule is CN=C(NCc1nccn1CC(C)C)N1CCc2cc(OC)c(OC)cc2C1. The van der Waals surface area contributed by atoms with Gasteiger partial charge in [-0.1, -0.05) is 13.8 Å². The van der Waals surface area contributed by atoms with Gasteiger partial charge in [-0.15, -0.1) is 0 Å². The first-order chi connectivity index (χ1) is 13.5. The first kappa shape index (κ1) is 20.0. The quantitative estimate of drug-likeness (QED) is 0.612. The van der Waals surface area contributed by atoms with Crippen LogP contribution in [0.5, 0.6) is 11.5 Å². The summed E-state index contributed by atoms with van der Waals surface area (Å²) >= 11 is 0. The molecule has 152 valence electrons. The molecule has 0 spiro atoms. The number of hydrogen-bond acceptors (Lipinski definition) is 4. The largest absolute Gasteiger partial charge is 0.493 e. The van der Waals surface area contributed by atoms with E-state index in [1.165, 1.54) is 11.1 Å². The second kappa shape index (κ2) is 8.99. The van der Waals surface area contributed by atoms with Crippen molar-refractivity contribution in [2.45, 2.75) is 39.9 Å². The van der Waals surface area contributed by atoms with E-state index >= 15 is 0 Å². The summed E-state index contributed by atoms with van der Waals surface area (Å²) < 4.78 is 13.1. The Kier molecular flexibility index (Phi) is 6.44. The number of fused-ring (bicyclic) bond motifs is 1. The minimum absolute atomic E-state index is 0.581.